The molecule has 10 rings (SSSR count). The van der Waals surface area contributed by atoms with E-state index in [-0.39, 0.29) is 0 Å². The molecule has 0 aliphatic heterocycles. The Bertz CT molecular complexity index is 2790. The quantitative estimate of drug-likeness (QED) is 0.147. The number of nitrogens with zero attached hydrogens (tertiary/aromatic N) is 2. The molecular weight excluding hydrogens is 569 g/mol. The molecule has 0 saturated heterocycles. The zero-order chi connectivity index (χ0) is 30.9. The van der Waals surface area contributed by atoms with E-state index in [1.807, 2.05) is 0 Å². The van der Waals surface area contributed by atoms with E-state index in [9.17, 15) is 0 Å². The predicted octanol–water partition coefficient (Wildman–Crippen LogP) is 12.1. The highest BCUT2D eigenvalue weighted by Crippen LogP contribution is 2.45. The molecule has 9 aromatic carbocycles. The Morgan fingerprint density at radius 2 is 0.915 bits per heavy atom. The fraction of sp³-hybridized carbons (Fsp3) is 0. The second-order valence-electron chi connectivity index (χ2n) is 12.4. The lowest BCUT2D eigenvalue weighted by Gasteiger charge is -2.19. The minimum absolute atomic E-state index is 0.952. The number of imidazole rings is 1. The van der Waals surface area contributed by atoms with E-state index in [1.165, 1.54) is 65.0 Å². The van der Waals surface area contributed by atoms with Crippen molar-refractivity contribution in [2.75, 3.05) is 0 Å². The average molecular weight is 597 g/mol. The lowest BCUT2D eigenvalue weighted by Crippen LogP contribution is -1.99. The van der Waals surface area contributed by atoms with Crippen molar-refractivity contribution < 1.29 is 0 Å². The lowest BCUT2D eigenvalue weighted by atomic mass is 9.87. The normalized spacial score (nSPS) is 11.8. The van der Waals surface area contributed by atoms with Gasteiger partial charge in [0.15, 0.2) is 0 Å². The van der Waals surface area contributed by atoms with E-state index >= 15 is 0 Å². The molecule has 218 valence electrons. The summed E-state index contributed by atoms with van der Waals surface area (Å²) in [6, 6.07) is 61.5. The van der Waals surface area contributed by atoms with Crippen molar-refractivity contribution in [3.8, 4) is 28.2 Å². The fourth-order valence-electron chi connectivity index (χ4n) is 7.61. The first-order valence-corrected chi connectivity index (χ1v) is 16.1. The summed E-state index contributed by atoms with van der Waals surface area (Å²) in [5.41, 5.74) is 6.80. The minimum Gasteiger partial charge on any atom is -0.292 e. The highest BCUT2D eigenvalue weighted by molar-refractivity contribution is 6.22. The highest BCUT2D eigenvalue weighted by Gasteiger charge is 2.22. The molecular formula is C45H28N2. The van der Waals surface area contributed by atoms with Crippen molar-refractivity contribution in [3.63, 3.8) is 0 Å². The van der Waals surface area contributed by atoms with Gasteiger partial charge in [-0.15, -0.1) is 0 Å². The molecule has 10 aromatic rings. The summed E-state index contributed by atoms with van der Waals surface area (Å²) >= 11 is 0. The van der Waals surface area contributed by atoms with Crippen molar-refractivity contribution in [1.29, 1.82) is 0 Å². The van der Waals surface area contributed by atoms with E-state index in [0.717, 1.165) is 28.1 Å². The van der Waals surface area contributed by atoms with Crippen molar-refractivity contribution >= 4 is 64.9 Å². The molecule has 1 heterocycles. The van der Waals surface area contributed by atoms with Gasteiger partial charge in [0.05, 0.1) is 11.0 Å². The number of fused-ring (bicyclic) bond motifs is 7. The summed E-state index contributed by atoms with van der Waals surface area (Å²) in [4.78, 5) is 5.32. The third kappa shape index (κ3) is 3.95. The Morgan fingerprint density at radius 3 is 1.66 bits per heavy atom. The van der Waals surface area contributed by atoms with Gasteiger partial charge in [0, 0.05) is 11.3 Å². The third-order valence-corrected chi connectivity index (χ3v) is 9.72. The summed E-state index contributed by atoms with van der Waals surface area (Å²) in [7, 11) is 0. The van der Waals surface area contributed by atoms with Crippen molar-refractivity contribution in [2.45, 2.75) is 0 Å². The van der Waals surface area contributed by atoms with E-state index in [0.29, 0.717) is 0 Å². The molecule has 0 fully saturated rings. The molecule has 2 nitrogen and oxygen atoms in total. The Hall–Kier alpha value is -6.25. The average Bonchev–Trinajstić information content (AvgIpc) is 3.52. The lowest BCUT2D eigenvalue weighted by molar-refractivity contribution is 1.11. The van der Waals surface area contributed by atoms with Crippen LogP contribution in [-0.4, -0.2) is 9.55 Å². The van der Waals surface area contributed by atoms with Crippen LogP contribution in [0.2, 0.25) is 0 Å². The molecule has 0 radical (unpaired) electrons. The summed E-state index contributed by atoms with van der Waals surface area (Å²) in [6.45, 7) is 0. The first-order chi connectivity index (χ1) is 23.3. The van der Waals surface area contributed by atoms with Gasteiger partial charge in [-0.1, -0.05) is 127 Å². The molecule has 47 heavy (non-hydrogen) atoms. The highest BCUT2D eigenvalue weighted by atomic mass is 15.1. The van der Waals surface area contributed by atoms with Gasteiger partial charge in [0.2, 0.25) is 0 Å². The van der Waals surface area contributed by atoms with Crippen molar-refractivity contribution in [1.82, 2.24) is 9.55 Å². The maximum absolute atomic E-state index is 5.32. The Balaban J connectivity index is 1.31. The molecule has 0 aliphatic rings. The van der Waals surface area contributed by atoms with Gasteiger partial charge in [-0.05, 0) is 107 Å². The summed E-state index contributed by atoms with van der Waals surface area (Å²) < 4.78 is 2.32. The zero-order valence-electron chi connectivity index (χ0n) is 25.6. The van der Waals surface area contributed by atoms with Gasteiger partial charge in [-0.3, -0.25) is 4.57 Å². The number of hydrogen-bond donors (Lipinski definition) is 0. The first kappa shape index (κ1) is 26.0. The number of hydrogen-bond acceptors (Lipinski definition) is 1. The topological polar surface area (TPSA) is 17.8 Å². The first-order valence-electron chi connectivity index (χ1n) is 16.1. The Kier molecular flexibility index (Phi) is 5.61. The van der Waals surface area contributed by atoms with Gasteiger partial charge in [0.1, 0.15) is 5.82 Å². The SMILES string of the molecule is c1ccc(-n2c(-c3c4ccccc4c(-c4ccc5ccc6cc7ccccc7cc6c5c4)c4ccccc34)nc3ccccc32)cc1. The maximum atomic E-state index is 5.32. The number of para-hydroxylation sites is 3. The van der Waals surface area contributed by atoms with Crippen LogP contribution in [0, 0.1) is 0 Å². The monoisotopic (exact) mass is 596 g/mol. The minimum atomic E-state index is 0.952. The van der Waals surface area contributed by atoms with Crippen LogP contribution in [-0.2, 0) is 0 Å². The van der Waals surface area contributed by atoms with Gasteiger partial charge < -0.3 is 0 Å². The maximum Gasteiger partial charge on any atom is 0.146 e. The van der Waals surface area contributed by atoms with E-state index in [1.54, 1.807) is 0 Å². The van der Waals surface area contributed by atoms with Gasteiger partial charge in [-0.25, -0.2) is 4.98 Å². The van der Waals surface area contributed by atoms with Crippen LogP contribution in [0.4, 0.5) is 0 Å². The second-order valence-corrected chi connectivity index (χ2v) is 12.4. The predicted molar refractivity (Wildman–Crippen MR) is 199 cm³/mol. The number of benzene rings is 9. The molecule has 1 aromatic heterocycles. The molecule has 0 N–H and O–H groups in total. The van der Waals surface area contributed by atoms with E-state index in [2.05, 4.69) is 174 Å². The van der Waals surface area contributed by atoms with Gasteiger partial charge >= 0.3 is 0 Å². The largest absolute Gasteiger partial charge is 0.292 e. The summed E-state index contributed by atoms with van der Waals surface area (Å²) in [5, 5.41) is 12.4. The molecule has 0 saturated carbocycles. The van der Waals surface area contributed by atoms with Crippen LogP contribution in [0.25, 0.3) is 93.1 Å². The van der Waals surface area contributed by atoms with Crippen molar-refractivity contribution in [2.24, 2.45) is 0 Å². The van der Waals surface area contributed by atoms with Crippen LogP contribution < -0.4 is 0 Å². The van der Waals surface area contributed by atoms with Gasteiger partial charge in [-0.2, -0.15) is 0 Å². The molecule has 0 amide bonds. The standard InChI is InChI=1S/C45H28N2/c1-2-14-34(15-3-1)47-42-21-11-10-20-41(42)46-45(47)44-37-18-8-6-16-35(37)43(36-17-7-9-19-38(36)44)33-25-23-29-22-24-32-26-30-12-4-5-13-31(30)27-40(32)39(29)28-33/h1-28H. The smallest absolute Gasteiger partial charge is 0.146 e. The summed E-state index contributed by atoms with van der Waals surface area (Å²) in [5.74, 6) is 0.952. The van der Waals surface area contributed by atoms with Crippen molar-refractivity contribution in [3.05, 3.63) is 170 Å². The second kappa shape index (κ2) is 10.1. The van der Waals surface area contributed by atoms with E-state index in [4.69, 9.17) is 4.98 Å². The Labute approximate surface area is 271 Å². The van der Waals surface area contributed by atoms with Crippen LogP contribution in [0.3, 0.4) is 0 Å². The Morgan fingerprint density at radius 1 is 0.362 bits per heavy atom. The zero-order valence-corrected chi connectivity index (χ0v) is 25.6. The molecule has 2 heteroatoms. The van der Waals surface area contributed by atoms with Crippen LogP contribution in [0.15, 0.2) is 170 Å². The molecule has 0 unspecified atom stereocenters. The van der Waals surface area contributed by atoms with Crippen LogP contribution >= 0.6 is 0 Å². The molecule has 0 spiro atoms. The number of aromatic nitrogens is 2. The van der Waals surface area contributed by atoms with Crippen LogP contribution in [0.5, 0.6) is 0 Å². The van der Waals surface area contributed by atoms with Crippen LogP contribution in [0.1, 0.15) is 0 Å². The number of rotatable bonds is 3. The molecule has 0 aliphatic carbocycles. The van der Waals surface area contributed by atoms with E-state index < -0.39 is 0 Å². The third-order valence-electron chi connectivity index (χ3n) is 9.72. The fourth-order valence-corrected chi connectivity index (χ4v) is 7.61. The summed E-state index contributed by atoms with van der Waals surface area (Å²) in [6.07, 6.45) is 0. The molecule has 0 bridgehead atoms. The molecule has 0 atom stereocenters. The van der Waals surface area contributed by atoms with Gasteiger partial charge in [0.25, 0.3) is 0 Å².